The van der Waals surface area contributed by atoms with E-state index in [9.17, 15) is 19.4 Å². The molecule has 2 aromatic rings. The van der Waals surface area contributed by atoms with Crippen molar-refractivity contribution in [2.24, 2.45) is 11.8 Å². The van der Waals surface area contributed by atoms with Gasteiger partial charge in [0.15, 0.2) is 5.78 Å². The number of nitrogens with one attached hydrogen (secondary N) is 1. The van der Waals surface area contributed by atoms with Crippen LogP contribution in [0.2, 0.25) is 0 Å². The third-order valence-electron chi connectivity index (χ3n) is 6.09. The number of aromatic hydroxyl groups is 1. The third kappa shape index (κ3) is 3.75. The van der Waals surface area contributed by atoms with E-state index in [4.69, 9.17) is 0 Å². The monoisotopic (exact) mass is 369 g/mol. The van der Waals surface area contributed by atoms with Crippen LogP contribution in [0, 0.1) is 17.7 Å². The number of Topliss-reactive ketones (excluding diaryl/α,β-unsaturated/α-hetero) is 1. The number of carbonyl (C=O) groups is 1. The van der Waals surface area contributed by atoms with Crippen LogP contribution in [0.1, 0.15) is 35.2 Å². The van der Waals surface area contributed by atoms with Crippen molar-refractivity contribution in [3.8, 4) is 5.75 Å². The van der Waals surface area contributed by atoms with Gasteiger partial charge in [-0.15, -0.1) is 0 Å². The number of carbonyl (C=O) groups excluding carboxylic acids is 1. The molecule has 0 bridgehead atoms. The largest absolute Gasteiger partial charge is 0.508 e. The van der Waals surface area contributed by atoms with Gasteiger partial charge in [-0.3, -0.25) is 4.79 Å². The molecule has 3 N–H and O–H groups in total. The average molecular weight is 369 g/mol. The van der Waals surface area contributed by atoms with Crippen LogP contribution in [-0.2, 0) is 6.42 Å². The molecular formula is C22H24FNO3. The Morgan fingerprint density at radius 2 is 1.89 bits per heavy atom. The lowest BCUT2D eigenvalue weighted by Gasteiger charge is -2.26. The van der Waals surface area contributed by atoms with Gasteiger partial charge in [-0.1, -0.05) is 18.2 Å². The van der Waals surface area contributed by atoms with Gasteiger partial charge in [0.1, 0.15) is 11.6 Å². The minimum Gasteiger partial charge on any atom is -0.508 e. The van der Waals surface area contributed by atoms with Gasteiger partial charge < -0.3 is 15.5 Å². The molecule has 0 amide bonds. The maximum atomic E-state index is 14.0. The third-order valence-corrected chi connectivity index (χ3v) is 6.09. The normalized spacial score (nSPS) is 29.6. The summed E-state index contributed by atoms with van der Waals surface area (Å²) in [6, 6.07) is 12.9. The standard InChI is InChI=1S/C22H24FNO3/c23-19-4-2-1-3-15(19)10-22(27)11-16-13-24-20(18(16)12-22)9-21(26)14-5-7-17(25)8-6-14/h1-8,16,18,20,24-25,27H,9-13H2/t16-,18+,20+,22+/m1/s1. The minimum absolute atomic E-state index is 0.0194. The van der Waals surface area contributed by atoms with Crippen molar-refractivity contribution in [2.45, 2.75) is 37.3 Å². The highest BCUT2D eigenvalue weighted by Crippen LogP contribution is 2.46. The van der Waals surface area contributed by atoms with Crippen LogP contribution in [0.3, 0.4) is 0 Å². The summed E-state index contributed by atoms with van der Waals surface area (Å²) in [4.78, 5) is 12.6. The fourth-order valence-corrected chi connectivity index (χ4v) is 4.81. The number of phenolic OH excluding ortho intramolecular Hbond substituents is 1. The van der Waals surface area contributed by atoms with Gasteiger partial charge in [-0.05, 0) is 67.1 Å². The van der Waals surface area contributed by atoms with Crippen molar-refractivity contribution in [1.29, 1.82) is 0 Å². The van der Waals surface area contributed by atoms with Gasteiger partial charge in [-0.25, -0.2) is 4.39 Å². The smallest absolute Gasteiger partial charge is 0.164 e. The number of hydrogen-bond acceptors (Lipinski definition) is 4. The predicted octanol–water partition coefficient (Wildman–Crippen LogP) is 3.08. The molecule has 0 unspecified atom stereocenters. The van der Waals surface area contributed by atoms with E-state index in [0.717, 1.165) is 6.54 Å². The molecule has 1 aliphatic carbocycles. The van der Waals surface area contributed by atoms with E-state index in [-0.39, 0.29) is 29.3 Å². The quantitative estimate of drug-likeness (QED) is 0.709. The number of aliphatic hydroxyl groups is 1. The number of hydrogen-bond donors (Lipinski definition) is 3. The van der Waals surface area contributed by atoms with Crippen LogP contribution in [0.5, 0.6) is 5.75 Å². The molecule has 1 aliphatic heterocycles. The first-order valence-electron chi connectivity index (χ1n) is 9.45. The van der Waals surface area contributed by atoms with Gasteiger partial charge in [-0.2, -0.15) is 0 Å². The topological polar surface area (TPSA) is 69.6 Å². The second-order valence-electron chi connectivity index (χ2n) is 8.01. The molecule has 2 fully saturated rings. The van der Waals surface area contributed by atoms with Crippen LogP contribution >= 0.6 is 0 Å². The Bertz CT molecular complexity index is 838. The predicted molar refractivity (Wildman–Crippen MR) is 100 cm³/mol. The van der Waals surface area contributed by atoms with Gasteiger partial charge in [0, 0.05) is 24.4 Å². The first kappa shape index (κ1) is 18.1. The van der Waals surface area contributed by atoms with E-state index in [2.05, 4.69) is 5.32 Å². The SMILES string of the molecule is O=C(C[C@@H]1NC[C@H]2C[C@@](O)(Cc3ccccc3F)C[C@@H]21)c1ccc(O)cc1. The van der Waals surface area contributed by atoms with Crippen molar-refractivity contribution in [3.05, 3.63) is 65.5 Å². The summed E-state index contributed by atoms with van der Waals surface area (Å²) in [5.74, 6) is 0.402. The van der Waals surface area contributed by atoms with Gasteiger partial charge >= 0.3 is 0 Å². The molecule has 142 valence electrons. The Kier molecular flexibility index (Phi) is 4.74. The van der Waals surface area contributed by atoms with E-state index in [1.807, 2.05) is 0 Å². The zero-order valence-corrected chi connectivity index (χ0v) is 15.1. The molecule has 4 nitrogen and oxygen atoms in total. The Labute approximate surface area is 158 Å². The zero-order valence-electron chi connectivity index (χ0n) is 15.1. The number of ketones is 1. The van der Waals surface area contributed by atoms with Crippen LogP contribution in [0.15, 0.2) is 48.5 Å². The number of rotatable bonds is 5. The van der Waals surface area contributed by atoms with Crippen molar-refractivity contribution in [2.75, 3.05) is 6.54 Å². The zero-order chi connectivity index (χ0) is 19.0. The van der Waals surface area contributed by atoms with Crippen molar-refractivity contribution >= 4 is 5.78 Å². The highest BCUT2D eigenvalue weighted by Gasteiger charge is 2.50. The number of fused-ring (bicyclic) bond motifs is 1. The Hall–Kier alpha value is -2.24. The lowest BCUT2D eigenvalue weighted by molar-refractivity contribution is 0.0368. The fraction of sp³-hybridized carbons (Fsp3) is 0.409. The summed E-state index contributed by atoms with van der Waals surface area (Å²) in [5, 5.41) is 23.9. The average Bonchev–Trinajstić information content (AvgIpc) is 3.15. The summed E-state index contributed by atoms with van der Waals surface area (Å²) >= 11 is 0. The van der Waals surface area contributed by atoms with E-state index in [1.165, 1.54) is 18.2 Å². The molecule has 2 aromatic carbocycles. The molecule has 1 heterocycles. The highest BCUT2D eigenvalue weighted by molar-refractivity contribution is 5.96. The molecule has 4 rings (SSSR count). The Balaban J connectivity index is 1.43. The summed E-state index contributed by atoms with van der Waals surface area (Å²) < 4.78 is 14.0. The fourth-order valence-electron chi connectivity index (χ4n) is 4.81. The van der Waals surface area contributed by atoms with Crippen molar-refractivity contribution < 1.29 is 19.4 Å². The van der Waals surface area contributed by atoms with Gasteiger partial charge in [0.2, 0.25) is 0 Å². The summed E-state index contributed by atoms with van der Waals surface area (Å²) in [7, 11) is 0. The minimum atomic E-state index is -0.917. The molecule has 27 heavy (non-hydrogen) atoms. The maximum Gasteiger partial charge on any atom is 0.164 e. The second kappa shape index (κ2) is 7.06. The van der Waals surface area contributed by atoms with Crippen LogP contribution in [0.25, 0.3) is 0 Å². The molecule has 5 heteroatoms. The lowest BCUT2D eigenvalue weighted by atomic mass is 9.88. The Morgan fingerprint density at radius 3 is 2.63 bits per heavy atom. The van der Waals surface area contributed by atoms with Crippen LogP contribution < -0.4 is 5.32 Å². The van der Waals surface area contributed by atoms with E-state index < -0.39 is 5.60 Å². The Morgan fingerprint density at radius 1 is 1.15 bits per heavy atom. The lowest BCUT2D eigenvalue weighted by Crippen LogP contribution is -2.35. The molecule has 0 spiro atoms. The summed E-state index contributed by atoms with van der Waals surface area (Å²) in [5.41, 5.74) is 0.210. The highest BCUT2D eigenvalue weighted by atomic mass is 19.1. The van der Waals surface area contributed by atoms with Crippen LogP contribution in [-0.4, -0.2) is 34.2 Å². The molecule has 0 aromatic heterocycles. The van der Waals surface area contributed by atoms with Gasteiger partial charge in [0.25, 0.3) is 0 Å². The van der Waals surface area contributed by atoms with E-state index in [0.29, 0.717) is 42.7 Å². The second-order valence-corrected chi connectivity index (χ2v) is 8.01. The summed E-state index contributed by atoms with van der Waals surface area (Å²) in [6.45, 7) is 0.776. The molecule has 0 radical (unpaired) electrons. The number of halogens is 1. The molecule has 1 saturated carbocycles. The maximum absolute atomic E-state index is 14.0. The summed E-state index contributed by atoms with van der Waals surface area (Å²) in [6.07, 6.45) is 1.88. The number of benzene rings is 2. The number of phenols is 1. The van der Waals surface area contributed by atoms with Gasteiger partial charge in [0.05, 0.1) is 5.60 Å². The van der Waals surface area contributed by atoms with Crippen molar-refractivity contribution in [1.82, 2.24) is 5.32 Å². The molecule has 4 atom stereocenters. The van der Waals surface area contributed by atoms with E-state index in [1.54, 1.807) is 30.3 Å². The first-order valence-corrected chi connectivity index (χ1v) is 9.45. The molecule has 2 aliphatic rings. The molecular weight excluding hydrogens is 345 g/mol. The van der Waals surface area contributed by atoms with Crippen LogP contribution in [0.4, 0.5) is 4.39 Å². The van der Waals surface area contributed by atoms with Crippen molar-refractivity contribution in [3.63, 3.8) is 0 Å². The first-order chi connectivity index (χ1) is 12.9. The molecule has 1 saturated heterocycles. The van der Waals surface area contributed by atoms with E-state index >= 15 is 0 Å².